The summed E-state index contributed by atoms with van der Waals surface area (Å²) in [6.45, 7) is 3.57. The minimum Gasteiger partial charge on any atom is -0.329 e. The van der Waals surface area contributed by atoms with Crippen LogP contribution in [0.4, 0.5) is 0 Å². The fourth-order valence-electron chi connectivity index (χ4n) is 4.67. The topological polar surface area (TPSA) is 56.8 Å². The summed E-state index contributed by atoms with van der Waals surface area (Å²) in [6.07, 6.45) is 3.57. The highest BCUT2D eigenvalue weighted by Crippen LogP contribution is 2.29. The van der Waals surface area contributed by atoms with Crippen LogP contribution in [0.25, 0.3) is 10.9 Å². The minimum absolute atomic E-state index is 0.136. The van der Waals surface area contributed by atoms with Crippen molar-refractivity contribution in [1.29, 1.82) is 0 Å². The highest BCUT2D eigenvalue weighted by atomic mass is 16.2. The van der Waals surface area contributed by atoms with E-state index in [0.29, 0.717) is 13.1 Å². The number of pyridine rings is 1. The highest BCUT2D eigenvalue weighted by molar-refractivity contribution is 5.97. The first-order chi connectivity index (χ1) is 12.7. The van der Waals surface area contributed by atoms with E-state index in [1.165, 1.54) is 5.56 Å². The fourth-order valence-corrected chi connectivity index (χ4v) is 4.67. The Bertz CT molecular complexity index is 878. The molecule has 3 aliphatic rings. The van der Waals surface area contributed by atoms with E-state index in [9.17, 15) is 9.59 Å². The molecular formula is C20H22N4O2. The Morgan fingerprint density at radius 1 is 0.962 bits per heavy atom. The number of benzene rings is 1. The summed E-state index contributed by atoms with van der Waals surface area (Å²) in [5, 5.41) is 1.16. The lowest BCUT2D eigenvalue weighted by Gasteiger charge is -2.47. The number of nitrogens with zero attached hydrogens (tertiary/aromatic N) is 4. The Kier molecular flexibility index (Phi) is 3.67. The van der Waals surface area contributed by atoms with Crippen LogP contribution >= 0.6 is 0 Å². The number of carbonyl (C=O) groups excluding carboxylic acids is 2. The van der Waals surface area contributed by atoms with E-state index in [0.717, 1.165) is 43.4 Å². The normalized spacial score (nSPS) is 26.3. The van der Waals surface area contributed by atoms with Crippen molar-refractivity contribution < 1.29 is 9.59 Å². The van der Waals surface area contributed by atoms with Gasteiger partial charge < -0.3 is 9.80 Å². The number of amides is 2. The van der Waals surface area contributed by atoms with Gasteiger partial charge in [-0.2, -0.15) is 0 Å². The number of aromatic nitrogens is 1. The van der Waals surface area contributed by atoms with Gasteiger partial charge in [0.05, 0.1) is 5.52 Å². The Labute approximate surface area is 152 Å². The lowest BCUT2D eigenvalue weighted by molar-refractivity contribution is -0.163. The Morgan fingerprint density at radius 2 is 1.81 bits per heavy atom. The van der Waals surface area contributed by atoms with Crippen LogP contribution in [-0.4, -0.2) is 69.8 Å². The molecule has 134 valence electrons. The second kappa shape index (κ2) is 6.06. The maximum Gasteiger partial charge on any atom is 0.247 e. The summed E-state index contributed by atoms with van der Waals surface area (Å²) >= 11 is 0. The monoisotopic (exact) mass is 350 g/mol. The van der Waals surface area contributed by atoms with Crippen LogP contribution in [0.3, 0.4) is 0 Å². The molecule has 0 radical (unpaired) electrons. The van der Waals surface area contributed by atoms with Gasteiger partial charge >= 0.3 is 0 Å². The standard InChI is InChI=1S/C20H22N4O2/c25-19-17-7-3-9-23(17)20(26)18-13-22(10-11-24(18)19)12-14-4-1-6-16-15(14)5-2-8-21-16/h1-2,4-6,8,17-18H,3,7,9-13H2/t17-,18-/m1/s1. The van der Waals surface area contributed by atoms with Crippen LogP contribution in [0.2, 0.25) is 0 Å². The van der Waals surface area contributed by atoms with Crippen LogP contribution in [-0.2, 0) is 16.1 Å². The van der Waals surface area contributed by atoms with E-state index in [1.54, 1.807) is 0 Å². The zero-order chi connectivity index (χ0) is 17.7. The van der Waals surface area contributed by atoms with E-state index < -0.39 is 0 Å². The number of fused-ring (bicyclic) bond motifs is 3. The maximum atomic E-state index is 12.9. The third-order valence-electron chi connectivity index (χ3n) is 5.98. The molecule has 6 heteroatoms. The van der Waals surface area contributed by atoms with Crippen LogP contribution < -0.4 is 0 Å². The van der Waals surface area contributed by atoms with Crippen LogP contribution in [0, 0.1) is 0 Å². The van der Waals surface area contributed by atoms with Crippen molar-refractivity contribution in [2.24, 2.45) is 0 Å². The summed E-state index contributed by atoms with van der Waals surface area (Å²) in [5.74, 6) is 0.289. The van der Waals surface area contributed by atoms with E-state index >= 15 is 0 Å². The Hall–Kier alpha value is -2.47. The molecule has 0 unspecified atom stereocenters. The molecule has 26 heavy (non-hydrogen) atoms. The van der Waals surface area contributed by atoms with E-state index in [-0.39, 0.29) is 23.9 Å². The van der Waals surface area contributed by atoms with Crippen molar-refractivity contribution >= 4 is 22.7 Å². The average Bonchev–Trinajstić information content (AvgIpc) is 3.17. The van der Waals surface area contributed by atoms with Crippen molar-refractivity contribution in [3.63, 3.8) is 0 Å². The zero-order valence-electron chi connectivity index (χ0n) is 14.7. The number of carbonyl (C=O) groups is 2. The van der Waals surface area contributed by atoms with E-state index in [2.05, 4.69) is 22.0 Å². The largest absolute Gasteiger partial charge is 0.329 e. The summed E-state index contributed by atoms with van der Waals surface area (Å²) in [6, 6.07) is 9.71. The molecule has 6 nitrogen and oxygen atoms in total. The predicted molar refractivity (Wildman–Crippen MR) is 97.3 cm³/mol. The molecular weight excluding hydrogens is 328 g/mol. The van der Waals surface area contributed by atoms with Gasteiger partial charge in [-0.05, 0) is 30.5 Å². The van der Waals surface area contributed by atoms with Crippen molar-refractivity contribution in [3.05, 3.63) is 42.1 Å². The van der Waals surface area contributed by atoms with Gasteiger partial charge in [-0.25, -0.2) is 0 Å². The van der Waals surface area contributed by atoms with E-state index in [4.69, 9.17) is 0 Å². The SMILES string of the molecule is O=C1[C@H]2CN(Cc3cccc4ncccc34)CCN2C(=O)[C@H]2CCCN12. The molecule has 2 aromatic rings. The second-order valence-corrected chi connectivity index (χ2v) is 7.46. The Morgan fingerprint density at radius 3 is 2.73 bits per heavy atom. The lowest BCUT2D eigenvalue weighted by atomic mass is 10.0. The number of hydrogen-bond acceptors (Lipinski definition) is 4. The smallest absolute Gasteiger partial charge is 0.247 e. The molecule has 1 aromatic carbocycles. The molecule has 1 aromatic heterocycles. The van der Waals surface area contributed by atoms with Gasteiger partial charge in [-0.3, -0.25) is 19.5 Å². The van der Waals surface area contributed by atoms with Crippen molar-refractivity contribution in [2.45, 2.75) is 31.5 Å². The fraction of sp³-hybridized carbons (Fsp3) is 0.450. The van der Waals surface area contributed by atoms with Gasteiger partial charge in [0, 0.05) is 44.3 Å². The Balaban J connectivity index is 1.38. The van der Waals surface area contributed by atoms with Gasteiger partial charge in [0.15, 0.2) is 0 Å². The first-order valence-corrected chi connectivity index (χ1v) is 9.38. The molecule has 4 heterocycles. The zero-order valence-corrected chi connectivity index (χ0v) is 14.7. The molecule has 0 bridgehead atoms. The molecule has 0 saturated carbocycles. The maximum absolute atomic E-state index is 12.9. The van der Waals surface area contributed by atoms with Crippen molar-refractivity contribution in [3.8, 4) is 0 Å². The van der Waals surface area contributed by atoms with Crippen LogP contribution in [0.5, 0.6) is 0 Å². The molecule has 0 N–H and O–H groups in total. The number of hydrogen-bond donors (Lipinski definition) is 0. The van der Waals surface area contributed by atoms with Gasteiger partial charge in [-0.15, -0.1) is 0 Å². The first kappa shape index (κ1) is 15.8. The molecule has 0 spiro atoms. The molecule has 0 aliphatic carbocycles. The summed E-state index contributed by atoms with van der Waals surface area (Å²) in [7, 11) is 0. The predicted octanol–water partition coefficient (Wildman–Crippen LogP) is 1.25. The number of rotatable bonds is 2. The van der Waals surface area contributed by atoms with Crippen molar-refractivity contribution in [1.82, 2.24) is 19.7 Å². The van der Waals surface area contributed by atoms with Crippen LogP contribution in [0.15, 0.2) is 36.5 Å². The second-order valence-electron chi connectivity index (χ2n) is 7.46. The summed E-state index contributed by atoms with van der Waals surface area (Å²) in [4.78, 5) is 36.0. The molecule has 2 atom stereocenters. The molecule has 5 rings (SSSR count). The van der Waals surface area contributed by atoms with Gasteiger partial charge in [0.2, 0.25) is 11.8 Å². The summed E-state index contributed by atoms with van der Waals surface area (Å²) in [5.41, 5.74) is 2.21. The molecule has 2 amide bonds. The minimum atomic E-state index is -0.321. The molecule has 3 fully saturated rings. The van der Waals surface area contributed by atoms with Crippen LogP contribution in [0.1, 0.15) is 18.4 Å². The number of piperazine rings is 2. The van der Waals surface area contributed by atoms with Gasteiger partial charge in [-0.1, -0.05) is 18.2 Å². The lowest BCUT2D eigenvalue weighted by Crippen LogP contribution is -2.68. The molecule has 3 saturated heterocycles. The third kappa shape index (κ3) is 2.40. The average molecular weight is 350 g/mol. The third-order valence-corrected chi connectivity index (χ3v) is 5.98. The van der Waals surface area contributed by atoms with Gasteiger partial charge in [0.1, 0.15) is 12.1 Å². The van der Waals surface area contributed by atoms with E-state index in [1.807, 2.05) is 34.2 Å². The van der Waals surface area contributed by atoms with Crippen molar-refractivity contribution in [2.75, 3.05) is 26.2 Å². The van der Waals surface area contributed by atoms with Gasteiger partial charge in [0.25, 0.3) is 0 Å². The quantitative estimate of drug-likeness (QED) is 0.818. The summed E-state index contributed by atoms with van der Waals surface area (Å²) < 4.78 is 0. The highest BCUT2D eigenvalue weighted by Gasteiger charge is 2.49. The molecule has 3 aliphatic heterocycles. The first-order valence-electron chi connectivity index (χ1n) is 9.38.